The molecule has 0 nitrogen and oxygen atoms in total. The standard InChI is InChI=1S/C8H15Cl/c1-3-7-5-8(7)4-6(2)9/h6-8H,3-5H2,1-2H3. The molecule has 1 fully saturated rings. The maximum Gasteiger partial charge on any atom is 0.0310 e. The Bertz CT molecular complexity index is 88.6. The van der Waals surface area contributed by atoms with Gasteiger partial charge in [-0.05, 0) is 31.6 Å². The fourth-order valence-electron chi connectivity index (χ4n) is 1.52. The van der Waals surface area contributed by atoms with E-state index in [0.29, 0.717) is 5.38 Å². The predicted molar refractivity (Wildman–Crippen MR) is 41.8 cm³/mol. The largest absolute Gasteiger partial charge is 0.123 e. The van der Waals surface area contributed by atoms with Gasteiger partial charge in [0, 0.05) is 5.38 Å². The van der Waals surface area contributed by atoms with Gasteiger partial charge in [0.25, 0.3) is 0 Å². The number of alkyl halides is 1. The fourth-order valence-corrected chi connectivity index (χ4v) is 1.75. The van der Waals surface area contributed by atoms with Gasteiger partial charge >= 0.3 is 0 Å². The highest BCUT2D eigenvalue weighted by molar-refractivity contribution is 6.20. The minimum atomic E-state index is 0.395. The van der Waals surface area contributed by atoms with Crippen LogP contribution in [0.2, 0.25) is 0 Å². The Morgan fingerprint density at radius 3 is 2.56 bits per heavy atom. The van der Waals surface area contributed by atoms with Gasteiger partial charge in [-0.3, -0.25) is 0 Å². The molecule has 0 aliphatic heterocycles. The van der Waals surface area contributed by atoms with Gasteiger partial charge in [-0.15, -0.1) is 11.6 Å². The lowest BCUT2D eigenvalue weighted by Gasteiger charge is -1.98. The molecule has 1 rings (SSSR count). The van der Waals surface area contributed by atoms with Gasteiger partial charge in [-0.2, -0.15) is 0 Å². The first-order valence-corrected chi connectivity index (χ1v) is 4.31. The summed E-state index contributed by atoms with van der Waals surface area (Å²) in [4.78, 5) is 0. The van der Waals surface area contributed by atoms with E-state index in [2.05, 4.69) is 13.8 Å². The van der Waals surface area contributed by atoms with Crippen LogP contribution >= 0.6 is 11.6 Å². The molecule has 0 bridgehead atoms. The number of hydrogen-bond acceptors (Lipinski definition) is 0. The molecule has 0 aromatic rings. The fraction of sp³-hybridized carbons (Fsp3) is 1.00. The van der Waals surface area contributed by atoms with E-state index < -0.39 is 0 Å². The molecule has 0 aromatic heterocycles. The van der Waals surface area contributed by atoms with Gasteiger partial charge in [0.2, 0.25) is 0 Å². The number of halogens is 1. The van der Waals surface area contributed by atoms with E-state index in [1.165, 1.54) is 19.3 Å². The molecular weight excluding hydrogens is 132 g/mol. The topological polar surface area (TPSA) is 0 Å². The summed E-state index contributed by atoms with van der Waals surface area (Å²) in [5.74, 6) is 1.99. The predicted octanol–water partition coefficient (Wildman–Crippen LogP) is 3.05. The SMILES string of the molecule is CCC1CC1CC(C)Cl. The van der Waals surface area contributed by atoms with E-state index >= 15 is 0 Å². The Hall–Kier alpha value is 0.290. The summed E-state index contributed by atoms with van der Waals surface area (Å²) in [7, 11) is 0. The molecule has 54 valence electrons. The van der Waals surface area contributed by atoms with Crippen molar-refractivity contribution >= 4 is 11.6 Å². The maximum absolute atomic E-state index is 5.84. The molecule has 3 atom stereocenters. The molecule has 3 unspecified atom stereocenters. The van der Waals surface area contributed by atoms with Crippen molar-refractivity contribution in [3.63, 3.8) is 0 Å². The van der Waals surface area contributed by atoms with Gasteiger partial charge in [0.15, 0.2) is 0 Å². The van der Waals surface area contributed by atoms with Crippen molar-refractivity contribution in [3.05, 3.63) is 0 Å². The molecule has 0 amide bonds. The summed E-state index contributed by atoms with van der Waals surface area (Å²) < 4.78 is 0. The average molecular weight is 147 g/mol. The average Bonchev–Trinajstić information content (AvgIpc) is 2.45. The summed E-state index contributed by atoms with van der Waals surface area (Å²) in [5.41, 5.74) is 0. The summed E-state index contributed by atoms with van der Waals surface area (Å²) in [6.07, 6.45) is 4.03. The van der Waals surface area contributed by atoms with E-state index in [1.54, 1.807) is 0 Å². The third-order valence-corrected chi connectivity index (χ3v) is 2.40. The molecule has 1 aliphatic carbocycles. The second-order valence-corrected chi connectivity index (χ2v) is 3.93. The highest BCUT2D eigenvalue weighted by atomic mass is 35.5. The molecule has 0 saturated heterocycles. The molecule has 1 heteroatoms. The van der Waals surface area contributed by atoms with Gasteiger partial charge in [-0.25, -0.2) is 0 Å². The van der Waals surface area contributed by atoms with Crippen LogP contribution in [0.3, 0.4) is 0 Å². The van der Waals surface area contributed by atoms with Crippen LogP contribution in [0.1, 0.15) is 33.1 Å². The van der Waals surface area contributed by atoms with E-state index in [-0.39, 0.29) is 0 Å². The van der Waals surface area contributed by atoms with Crippen molar-refractivity contribution in [2.75, 3.05) is 0 Å². The first kappa shape index (κ1) is 7.40. The van der Waals surface area contributed by atoms with Crippen LogP contribution in [0.4, 0.5) is 0 Å². The maximum atomic E-state index is 5.84. The van der Waals surface area contributed by atoms with Crippen molar-refractivity contribution in [3.8, 4) is 0 Å². The Kier molecular flexibility index (Phi) is 2.40. The third kappa shape index (κ3) is 2.17. The van der Waals surface area contributed by atoms with Crippen LogP contribution < -0.4 is 0 Å². The molecule has 0 spiro atoms. The van der Waals surface area contributed by atoms with Crippen LogP contribution in [-0.4, -0.2) is 5.38 Å². The lowest BCUT2D eigenvalue weighted by molar-refractivity contribution is 0.626. The van der Waals surface area contributed by atoms with Gasteiger partial charge < -0.3 is 0 Å². The van der Waals surface area contributed by atoms with Crippen LogP contribution in [0.5, 0.6) is 0 Å². The highest BCUT2D eigenvalue weighted by Gasteiger charge is 2.35. The molecule has 0 radical (unpaired) electrons. The molecule has 1 aliphatic rings. The summed E-state index contributed by atoms with van der Waals surface area (Å²) >= 11 is 5.84. The normalized spacial score (nSPS) is 36.3. The molecule has 0 aromatic carbocycles. The second kappa shape index (κ2) is 2.92. The summed E-state index contributed by atoms with van der Waals surface area (Å²) in [6, 6.07) is 0. The van der Waals surface area contributed by atoms with Crippen molar-refractivity contribution in [1.29, 1.82) is 0 Å². The second-order valence-electron chi connectivity index (χ2n) is 3.18. The highest BCUT2D eigenvalue weighted by Crippen LogP contribution is 2.44. The minimum absolute atomic E-state index is 0.395. The smallest absolute Gasteiger partial charge is 0.0310 e. The molecule has 0 heterocycles. The molecule has 0 N–H and O–H groups in total. The number of hydrogen-bond donors (Lipinski definition) is 0. The minimum Gasteiger partial charge on any atom is -0.123 e. The summed E-state index contributed by atoms with van der Waals surface area (Å²) in [5, 5.41) is 0.395. The van der Waals surface area contributed by atoms with E-state index in [9.17, 15) is 0 Å². The molecule has 9 heavy (non-hydrogen) atoms. The molecular formula is C8H15Cl. The van der Waals surface area contributed by atoms with Gasteiger partial charge in [-0.1, -0.05) is 13.3 Å². The lowest BCUT2D eigenvalue weighted by atomic mass is 10.2. The van der Waals surface area contributed by atoms with Crippen molar-refractivity contribution in [2.24, 2.45) is 11.8 Å². The quantitative estimate of drug-likeness (QED) is 0.537. The van der Waals surface area contributed by atoms with Crippen molar-refractivity contribution in [2.45, 2.75) is 38.5 Å². The molecule has 1 saturated carbocycles. The van der Waals surface area contributed by atoms with Crippen LogP contribution in [0.25, 0.3) is 0 Å². The third-order valence-electron chi connectivity index (χ3n) is 2.22. The zero-order chi connectivity index (χ0) is 6.85. The Labute approximate surface area is 62.6 Å². The van der Waals surface area contributed by atoms with Gasteiger partial charge in [0.1, 0.15) is 0 Å². The lowest BCUT2D eigenvalue weighted by Crippen LogP contribution is -1.92. The van der Waals surface area contributed by atoms with Crippen LogP contribution in [0, 0.1) is 11.8 Å². The van der Waals surface area contributed by atoms with E-state index in [1.807, 2.05) is 0 Å². The van der Waals surface area contributed by atoms with E-state index in [0.717, 1.165) is 11.8 Å². The zero-order valence-electron chi connectivity index (χ0n) is 6.23. The van der Waals surface area contributed by atoms with Crippen LogP contribution in [-0.2, 0) is 0 Å². The van der Waals surface area contributed by atoms with Crippen molar-refractivity contribution in [1.82, 2.24) is 0 Å². The Morgan fingerprint density at radius 1 is 1.56 bits per heavy atom. The number of rotatable bonds is 3. The first-order chi connectivity index (χ1) is 4.24. The van der Waals surface area contributed by atoms with E-state index in [4.69, 9.17) is 11.6 Å². The first-order valence-electron chi connectivity index (χ1n) is 3.88. The Balaban J connectivity index is 2.05. The Morgan fingerprint density at radius 2 is 2.22 bits per heavy atom. The monoisotopic (exact) mass is 146 g/mol. The van der Waals surface area contributed by atoms with Gasteiger partial charge in [0.05, 0.1) is 0 Å². The summed E-state index contributed by atoms with van der Waals surface area (Å²) in [6.45, 7) is 4.36. The zero-order valence-corrected chi connectivity index (χ0v) is 6.99. The van der Waals surface area contributed by atoms with Crippen molar-refractivity contribution < 1.29 is 0 Å². The van der Waals surface area contributed by atoms with Crippen LogP contribution in [0.15, 0.2) is 0 Å².